The van der Waals surface area contributed by atoms with Crippen molar-refractivity contribution in [1.82, 2.24) is 9.97 Å². The number of ether oxygens (including phenoxy) is 3. The lowest BCUT2D eigenvalue weighted by Crippen LogP contribution is -2.45. The molecule has 0 bridgehead atoms. The molecule has 0 saturated carbocycles. The molecule has 1 N–H and O–H groups in total. The molecule has 4 rings (SSSR count). The van der Waals surface area contributed by atoms with Crippen molar-refractivity contribution < 1.29 is 28.2 Å². The molecule has 2 heterocycles. The number of halogens is 2. The summed E-state index contributed by atoms with van der Waals surface area (Å²) < 4.78 is 30.7. The molecule has 1 unspecified atom stereocenters. The largest absolute Gasteiger partial charge is 0.486 e. The Morgan fingerprint density at radius 2 is 1.92 bits per heavy atom. The van der Waals surface area contributed by atoms with Crippen LogP contribution in [-0.2, 0) is 9.53 Å². The zero-order valence-corrected chi connectivity index (χ0v) is 22.2. The Hall–Kier alpha value is -3.92. The van der Waals surface area contributed by atoms with E-state index in [2.05, 4.69) is 15.3 Å². The Kier molecular flexibility index (Phi) is 8.01. The van der Waals surface area contributed by atoms with Crippen molar-refractivity contribution in [2.24, 2.45) is 5.41 Å². The van der Waals surface area contributed by atoms with E-state index in [-0.39, 0.29) is 29.4 Å². The van der Waals surface area contributed by atoms with Gasteiger partial charge in [0.15, 0.2) is 0 Å². The van der Waals surface area contributed by atoms with E-state index in [9.17, 15) is 14.0 Å². The third kappa shape index (κ3) is 5.96. The number of nitrogens with zero attached hydrogens (tertiary/aromatic N) is 3. The van der Waals surface area contributed by atoms with Gasteiger partial charge in [0.2, 0.25) is 0 Å². The number of rotatable bonds is 7. The maximum Gasteiger partial charge on any atom is 0.326 e. The number of amides is 2. The highest BCUT2D eigenvalue weighted by atomic mass is 35.5. The smallest absolute Gasteiger partial charge is 0.326 e. The number of esters is 1. The van der Waals surface area contributed by atoms with Crippen LogP contribution >= 0.6 is 11.6 Å². The van der Waals surface area contributed by atoms with E-state index in [0.29, 0.717) is 30.0 Å². The quantitative estimate of drug-likeness (QED) is 0.381. The molecule has 38 heavy (non-hydrogen) atoms. The summed E-state index contributed by atoms with van der Waals surface area (Å²) in [6, 6.07) is 9.09. The van der Waals surface area contributed by atoms with Crippen LogP contribution in [0.5, 0.6) is 11.8 Å². The highest BCUT2D eigenvalue weighted by molar-refractivity contribution is 6.30. The van der Waals surface area contributed by atoms with Gasteiger partial charge in [0.05, 0.1) is 30.4 Å². The maximum absolute atomic E-state index is 14.3. The number of hydrogen-bond acceptors (Lipinski definition) is 7. The van der Waals surface area contributed by atoms with Gasteiger partial charge in [-0.15, -0.1) is 0 Å². The SMILES string of the molecule is CCC1CN(C(=O)Nc2ccc(Cl)cc2F)c2ccc(-c3cnc(OCC(C)(C)C(=O)OC)nc3)cc2O1. The van der Waals surface area contributed by atoms with Gasteiger partial charge in [-0.1, -0.05) is 24.6 Å². The second-order valence-corrected chi connectivity index (χ2v) is 9.85. The molecular formula is C27H28ClFN4O5. The van der Waals surface area contributed by atoms with Gasteiger partial charge in [-0.2, -0.15) is 0 Å². The van der Waals surface area contributed by atoms with Gasteiger partial charge in [0, 0.05) is 23.0 Å². The van der Waals surface area contributed by atoms with Gasteiger partial charge >= 0.3 is 18.0 Å². The van der Waals surface area contributed by atoms with E-state index < -0.39 is 23.2 Å². The summed E-state index contributed by atoms with van der Waals surface area (Å²) in [4.78, 5) is 35.0. The van der Waals surface area contributed by atoms with E-state index in [1.807, 2.05) is 13.0 Å². The van der Waals surface area contributed by atoms with Gasteiger partial charge in [-0.25, -0.2) is 19.2 Å². The third-order valence-electron chi connectivity index (χ3n) is 6.07. The molecule has 2 aromatic carbocycles. The normalized spacial score (nSPS) is 14.8. The fourth-order valence-corrected chi connectivity index (χ4v) is 3.99. The molecule has 2 amide bonds. The standard InChI is InChI=1S/C27H28ClFN4O5/c1-5-19-14-33(26(35)32-21-8-7-18(28)11-20(21)29)22-9-6-16(10-23(22)38-19)17-12-30-25(31-13-17)37-15-27(2,3)24(34)36-4/h6-13,19H,5,14-15H2,1-4H3,(H,32,35). The zero-order chi connectivity index (χ0) is 27.4. The van der Waals surface area contributed by atoms with Crippen molar-refractivity contribution in [2.45, 2.75) is 33.3 Å². The summed E-state index contributed by atoms with van der Waals surface area (Å²) in [6.07, 6.45) is 3.62. The number of benzene rings is 2. The van der Waals surface area contributed by atoms with Gasteiger partial charge in [-0.05, 0) is 56.2 Å². The van der Waals surface area contributed by atoms with Gasteiger partial charge < -0.3 is 19.5 Å². The van der Waals surface area contributed by atoms with Crippen molar-refractivity contribution >= 4 is 35.0 Å². The molecule has 0 aliphatic carbocycles. The number of anilines is 2. The van der Waals surface area contributed by atoms with Gasteiger partial charge in [0.1, 0.15) is 24.3 Å². The predicted molar refractivity (Wildman–Crippen MR) is 141 cm³/mol. The molecular weight excluding hydrogens is 515 g/mol. The second-order valence-electron chi connectivity index (χ2n) is 9.41. The minimum Gasteiger partial charge on any atom is -0.486 e. The number of nitrogens with one attached hydrogen (secondary N) is 1. The van der Waals surface area contributed by atoms with Crippen LogP contribution in [0.4, 0.5) is 20.6 Å². The van der Waals surface area contributed by atoms with Crippen LogP contribution in [-0.4, -0.2) is 48.3 Å². The van der Waals surface area contributed by atoms with Crippen LogP contribution in [0.15, 0.2) is 48.8 Å². The molecule has 1 aliphatic heterocycles. The molecule has 9 nitrogen and oxygen atoms in total. The molecule has 0 saturated heterocycles. The van der Waals surface area contributed by atoms with Crippen LogP contribution in [0, 0.1) is 11.2 Å². The van der Waals surface area contributed by atoms with Crippen LogP contribution < -0.4 is 19.7 Å². The van der Waals surface area contributed by atoms with E-state index in [1.165, 1.54) is 24.1 Å². The molecule has 0 spiro atoms. The summed E-state index contributed by atoms with van der Waals surface area (Å²) in [5.41, 5.74) is 1.21. The van der Waals surface area contributed by atoms with Crippen LogP contribution in [0.25, 0.3) is 11.1 Å². The lowest BCUT2D eigenvalue weighted by Gasteiger charge is -2.34. The molecule has 200 valence electrons. The van der Waals surface area contributed by atoms with Crippen molar-refractivity contribution in [1.29, 1.82) is 0 Å². The topological polar surface area (TPSA) is 103 Å². The fraction of sp³-hybridized carbons (Fsp3) is 0.333. The number of carbonyl (C=O) groups excluding carboxylic acids is 2. The number of urea groups is 1. The Morgan fingerprint density at radius 1 is 1.18 bits per heavy atom. The highest BCUT2D eigenvalue weighted by Crippen LogP contribution is 2.38. The molecule has 11 heteroatoms. The molecule has 1 aromatic heterocycles. The number of hydrogen-bond donors (Lipinski definition) is 1. The first kappa shape index (κ1) is 27.1. The summed E-state index contributed by atoms with van der Waals surface area (Å²) in [6.45, 7) is 5.74. The van der Waals surface area contributed by atoms with Crippen molar-refractivity contribution in [3.8, 4) is 22.9 Å². The fourth-order valence-electron chi connectivity index (χ4n) is 3.83. The predicted octanol–water partition coefficient (Wildman–Crippen LogP) is 5.72. The maximum atomic E-state index is 14.3. The van der Waals surface area contributed by atoms with Crippen molar-refractivity contribution in [3.05, 3.63) is 59.6 Å². The first-order valence-electron chi connectivity index (χ1n) is 12.0. The first-order chi connectivity index (χ1) is 18.1. The zero-order valence-electron chi connectivity index (χ0n) is 21.5. The number of methoxy groups -OCH3 is 1. The average molecular weight is 543 g/mol. The van der Waals surface area contributed by atoms with E-state index in [4.69, 9.17) is 25.8 Å². The van der Waals surface area contributed by atoms with Gasteiger partial charge in [0.25, 0.3) is 0 Å². The van der Waals surface area contributed by atoms with Crippen LogP contribution in [0.2, 0.25) is 5.02 Å². The minimum atomic E-state index is -0.847. The summed E-state index contributed by atoms with van der Waals surface area (Å²) in [5, 5.41) is 2.85. The Labute approximate surface area is 224 Å². The second kappa shape index (κ2) is 11.2. The lowest BCUT2D eigenvalue weighted by molar-refractivity contribution is -0.152. The van der Waals surface area contributed by atoms with E-state index >= 15 is 0 Å². The first-order valence-corrected chi connectivity index (χ1v) is 12.4. The lowest BCUT2D eigenvalue weighted by atomic mass is 9.95. The van der Waals surface area contributed by atoms with Crippen LogP contribution in [0.1, 0.15) is 27.2 Å². The number of aromatic nitrogens is 2. The Bertz CT molecular complexity index is 1340. The summed E-state index contributed by atoms with van der Waals surface area (Å²) in [7, 11) is 1.32. The Balaban J connectivity index is 1.52. The van der Waals surface area contributed by atoms with E-state index in [1.54, 1.807) is 38.4 Å². The molecule has 0 fully saturated rings. The minimum absolute atomic E-state index is 0.0338. The molecule has 3 aromatic rings. The van der Waals surface area contributed by atoms with E-state index in [0.717, 1.165) is 11.6 Å². The average Bonchev–Trinajstić information content (AvgIpc) is 2.92. The Morgan fingerprint density at radius 3 is 2.58 bits per heavy atom. The molecule has 1 atom stereocenters. The van der Waals surface area contributed by atoms with Crippen molar-refractivity contribution in [2.75, 3.05) is 30.5 Å². The highest BCUT2D eigenvalue weighted by Gasteiger charge is 2.31. The van der Waals surface area contributed by atoms with Crippen LogP contribution in [0.3, 0.4) is 0 Å². The number of carbonyl (C=O) groups is 2. The summed E-state index contributed by atoms with van der Waals surface area (Å²) in [5.74, 6) is -0.509. The molecule has 0 radical (unpaired) electrons. The van der Waals surface area contributed by atoms with Gasteiger partial charge in [-0.3, -0.25) is 9.69 Å². The summed E-state index contributed by atoms with van der Waals surface area (Å²) >= 11 is 5.82. The third-order valence-corrected chi connectivity index (χ3v) is 6.30. The van der Waals surface area contributed by atoms with Crippen molar-refractivity contribution in [3.63, 3.8) is 0 Å². The monoisotopic (exact) mass is 542 g/mol. The number of fused-ring (bicyclic) bond motifs is 1. The molecule has 1 aliphatic rings.